The average Bonchev–Trinajstić information content (AvgIpc) is 2.98. The SMILES string of the molecule is O=P1(O)OCC(CSCCC(F)(F)C(F)(F)C(F)(F)C(F)(F)C(F)(F)C(F)(F)F)(CS(=O)(=O)CCC(F)(F)C(F)(F)C(F)(F)C(F)(F)C(F)(F)C(F)(F)F)CO1. The molecule has 1 aliphatic heterocycles. The Morgan fingerprint density at radius 2 is 0.821 bits per heavy atom. The summed E-state index contributed by atoms with van der Waals surface area (Å²) in [5, 5.41) is 0. The van der Waals surface area contributed by atoms with Gasteiger partial charge in [-0.2, -0.15) is 126 Å². The van der Waals surface area contributed by atoms with Crippen LogP contribution in [0.15, 0.2) is 0 Å². The highest BCUT2D eigenvalue weighted by molar-refractivity contribution is 7.99. The summed E-state index contributed by atoms with van der Waals surface area (Å²) in [7, 11) is -11.0. The van der Waals surface area contributed by atoms with Crippen LogP contribution in [0.5, 0.6) is 0 Å². The van der Waals surface area contributed by atoms with E-state index in [1.165, 1.54) is 0 Å². The fourth-order valence-corrected chi connectivity index (χ4v) is 8.19. The zero-order chi connectivity index (χ0) is 45.3. The quantitative estimate of drug-likeness (QED) is 0.0833. The standard InChI is InChI=1S/C21H17F26O6PS2/c22-10(23,12(26,27)14(30,31)16(34,35)18(38,39)20(42,43)44)1-3-55-7-9(5-52-54(48,49)53-6-9)8-56(50,51)4-2-11(24,25)13(28,29)15(32,33)17(36,37)19(40,41)21(45,46)47/h1-8H2,(H,48,49). The number of rotatable bonds is 18. The Morgan fingerprint density at radius 1 is 0.518 bits per heavy atom. The van der Waals surface area contributed by atoms with Crippen LogP contribution in [0.2, 0.25) is 0 Å². The van der Waals surface area contributed by atoms with Gasteiger partial charge in [0.15, 0.2) is 9.84 Å². The fourth-order valence-electron chi connectivity index (χ4n) is 3.95. The van der Waals surface area contributed by atoms with Gasteiger partial charge in [-0.25, -0.2) is 13.0 Å². The van der Waals surface area contributed by atoms with Crippen molar-refractivity contribution in [2.75, 3.05) is 36.2 Å². The first-order valence-corrected chi connectivity index (χ1v) is 17.8. The van der Waals surface area contributed by atoms with Crippen LogP contribution in [0.4, 0.5) is 114 Å². The summed E-state index contributed by atoms with van der Waals surface area (Å²) < 4.78 is 391. The number of halogens is 26. The van der Waals surface area contributed by atoms with Crippen LogP contribution >= 0.6 is 19.6 Å². The van der Waals surface area contributed by atoms with E-state index in [1.54, 1.807) is 0 Å². The monoisotopic (exact) mass is 954 g/mol. The van der Waals surface area contributed by atoms with Gasteiger partial charge in [-0.15, -0.1) is 0 Å². The molecule has 0 spiro atoms. The molecule has 0 unspecified atom stereocenters. The molecule has 1 rings (SSSR count). The normalized spacial score (nSPS) is 22.8. The molecule has 0 amide bonds. The van der Waals surface area contributed by atoms with Crippen LogP contribution in [-0.2, 0) is 23.4 Å². The van der Waals surface area contributed by atoms with Crippen LogP contribution in [0.3, 0.4) is 0 Å². The molecule has 0 bridgehead atoms. The van der Waals surface area contributed by atoms with Crippen LogP contribution < -0.4 is 0 Å². The third-order valence-corrected chi connectivity index (χ3v) is 11.4. The van der Waals surface area contributed by atoms with Gasteiger partial charge in [-0.05, 0) is 5.75 Å². The fraction of sp³-hybridized carbons (Fsp3) is 1.00. The van der Waals surface area contributed by atoms with Crippen molar-refractivity contribution in [1.82, 2.24) is 0 Å². The lowest BCUT2D eigenvalue weighted by atomic mass is 9.93. The second-order valence-electron chi connectivity index (χ2n) is 11.7. The molecule has 35 heteroatoms. The molecule has 1 N–H and O–H groups in total. The molecule has 0 saturated carbocycles. The molecule has 1 saturated heterocycles. The van der Waals surface area contributed by atoms with Gasteiger partial charge in [0.25, 0.3) is 0 Å². The number of hydrogen-bond donors (Lipinski definition) is 1. The smallest absolute Gasteiger partial charge is 0.302 e. The Labute approximate surface area is 297 Å². The summed E-state index contributed by atoms with van der Waals surface area (Å²) in [5.41, 5.74) is -2.77. The van der Waals surface area contributed by atoms with Gasteiger partial charge in [-0.1, -0.05) is 0 Å². The van der Waals surface area contributed by atoms with Gasteiger partial charge >= 0.3 is 79.4 Å². The first-order chi connectivity index (χ1) is 24.0. The van der Waals surface area contributed by atoms with E-state index in [0.717, 1.165) is 0 Å². The second-order valence-corrected chi connectivity index (χ2v) is 16.4. The van der Waals surface area contributed by atoms with E-state index in [-0.39, 0.29) is 0 Å². The molecule has 56 heavy (non-hydrogen) atoms. The molecule has 0 aromatic carbocycles. The van der Waals surface area contributed by atoms with Crippen molar-refractivity contribution in [3.8, 4) is 0 Å². The van der Waals surface area contributed by atoms with Gasteiger partial charge in [-0.3, -0.25) is 9.05 Å². The minimum Gasteiger partial charge on any atom is -0.302 e. The number of phosphoric acid groups is 1. The third-order valence-electron chi connectivity index (χ3n) is 7.29. The average molecular weight is 954 g/mol. The van der Waals surface area contributed by atoms with E-state index in [9.17, 15) is 132 Å². The number of phosphoric ester groups is 1. The van der Waals surface area contributed by atoms with Crippen molar-refractivity contribution in [2.24, 2.45) is 5.41 Å². The molecule has 0 radical (unpaired) electrons. The molecule has 0 aromatic rings. The zero-order valence-electron chi connectivity index (χ0n) is 25.7. The van der Waals surface area contributed by atoms with E-state index in [0.29, 0.717) is 0 Å². The molecule has 336 valence electrons. The summed E-state index contributed by atoms with van der Waals surface area (Å²) in [5.74, 6) is -86.9. The first-order valence-electron chi connectivity index (χ1n) is 13.3. The highest BCUT2D eigenvalue weighted by Crippen LogP contribution is 2.62. The number of alkyl halides is 26. The maximum atomic E-state index is 14.1. The molecule has 1 fully saturated rings. The number of thioether (sulfide) groups is 1. The Kier molecular flexibility index (Phi) is 14.0. The Bertz CT molecular complexity index is 1550. The van der Waals surface area contributed by atoms with Crippen LogP contribution in [-0.4, -0.2) is 121 Å². The van der Waals surface area contributed by atoms with E-state index >= 15 is 0 Å². The van der Waals surface area contributed by atoms with Gasteiger partial charge in [0.2, 0.25) is 0 Å². The van der Waals surface area contributed by atoms with E-state index in [2.05, 4.69) is 9.05 Å². The summed E-state index contributed by atoms with van der Waals surface area (Å²) in [6.45, 7) is -3.22. The number of sulfone groups is 1. The topological polar surface area (TPSA) is 89.9 Å². The van der Waals surface area contributed by atoms with Gasteiger partial charge < -0.3 is 4.89 Å². The van der Waals surface area contributed by atoms with Crippen LogP contribution in [0.1, 0.15) is 12.8 Å². The van der Waals surface area contributed by atoms with Crippen molar-refractivity contribution in [3.05, 3.63) is 0 Å². The molecule has 0 atom stereocenters. The second kappa shape index (κ2) is 14.9. The van der Waals surface area contributed by atoms with Crippen molar-refractivity contribution < 1.29 is 141 Å². The lowest BCUT2D eigenvalue weighted by Crippen LogP contribution is -2.70. The maximum absolute atomic E-state index is 14.1. The largest absolute Gasteiger partial charge is 0.472 e. The van der Waals surface area contributed by atoms with Crippen molar-refractivity contribution in [1.29, 1.82) is 0 Å². The molecule has 1 heterocycles. The summed E-state index contributed by atoms with van der Waals surface area (Å²) in [4.78, 5) is 9.25. The highest BCUT2D eigenvalue weighted by atomic mass is 32.2. The van der Waals surface area contributed by atoms with Gasteiger partial charge in [0.05, 0.1) is 24.7 Å². The molecule has 0 aliphatic carbocycles. The molecule has 6 nitrogen and oxygen atoms in total. The predicted molar refractivity (Wildman–Crippen MR) is 131 cm³/mol. The van der Waals surface area contributed by atoms with Gasteiger partial charge in [0.1, 0.15) is 0 Å². The Morgan fingerprint density at radius 3 is 1.14 bits per heavy atom. The Balaban J connectivity index is 3.32. The summed E-state index contributed by atoms with van der Waals surface area (Å²) in [6, 6.07) is 0. The minimum absolute atomic E-state index is 0.475. The van der Waals surface area contributed by atoms with Crippen LogP contribution in [0, 0.1) is 5.41 Å². The van der Waals surface area contributed by atoms with E-state index in [4.69, 9.17) is 0 Å². The van der Waals surface area contributed by atoms with Crippen LogP contribution in [0.25, 0.3) is 0 Å². The van der Waals surface area contributed by atoms with Gasteiger partial charge in [0, 0.05) is 24.0 Å². The third kappa shape index (κ3) is 9.02. The lowest BCUT2D eigenvalue weighted by Gasteiger charge is -2.40. The highest BCUT2D eigenvalue weighted by Gasteiger charge is 2.92. The predicted octanol–water partition coefficient (Wildman–Crippen LogP) is 9.53. The van der Waals surface area contributed by atoms with Crippen molar-refractivity contribution in [3.63, 3.8) is 0 Å². The lowest BCUT2D eigenvalue weighted by molar-refractivity contribution is -0.439. The number of hydrogen-bond acceptors (Lipinski definition) is 6. The van der Waals surface area contributed by atoms with E-state index in [1.807, 2.05) is 0 Å². The summed E-state index contributed by atoms with van der Waals surface area (Å²) in [6.07, 6.45) is -21.8. The molecular weight excluding hydrogens is 937 g/mol. The summed E-state index contributed by atoms with van der Waals surface area (Å²) >= 11 is -0.475. The van der Waals surface area contributed by atoms with E-state index < -0.39 is 155 Å². The molecule has 1 aliphatic rings. The first kappa shape index (κ1) is 52.6. The minimum atomic E-state index is -8.37. The maximum Gasteiger partial charge on any atom is 0.472 e. The van der Waals surface area contributed by atoms with Crippen molar-refractivity contribution >= 4 is 29.4 Å². The van der Waals surface area contributed by atoms with Crippen molar-refractivity contribution in [2.45, 2.75) is 84.4 Å². The molecule has 0 aromatic heterocycles. The molecular formula is C21H17F26O6PS2. The Hall–Kier alpha value is -1.41. The zero-order valence-corrected chi connectivity index (χ0v) is 28.3.